The summed E-state index contributed by atoms with van der Waals surface area (Å²) >= 11 is 3.20. The van der Waals surface area contributed by atoms with Gasteiger partial charge >= 0.3 is 0 Å². The predicted octanol–water partition coefficient (Wildman–Crippen LogP) is 2.27. The lowest BCUT2D eigenvalue weighted by molar-refractivity contribution is 0.318. The molecule has 6 nitrogen and oxygen atoms in total. The zero-order chi connectivity index (χ0) is 13.8. The summed E-state index contributed by atoms with van der Waals surface area (Å²) in [6, 6.07) is 5.63. The van der Waals surface area contributed by atoms with Crippen LogP contribution in [0, 0.1) is 5.82 Å². The highest BCUT2D eigenvalue weighted by atomic mass is 79.9. The van der Waals surface area contributed by atoms with Gasteiger partial charge in [0, 0.05) is 4.47 Å². The minimum atomic E-state index is -0.570. The molecule has 98 valence electrons. The Morgan fingerprint density at radius 3 is 2.95 bits per heavy atom. The van der Waals surface area contributed by atoms with Crippen LogP contribution < -0.4 is 10.5 Å². The normalized spacial score (nSPS) is 11.4. The molecule has 1 aromatic heterocycles. The third-order valence-corrected chi connectivity index (χ3v) is 2.66. The van der Waals surface area contributed by atoms with Crippen LogP contribution in [0.3, 0.4) is 0 Å². The number of nitrogens with two attached hydrogens (primary N) is 1. The first-order chi connectivity index (χ1) is 9.11. The van der Waals surface area contributed by atoms with Gasteiger partial charge in [-0.1, -0.05) is 21.1 Å². The summed E-state index contributed by atoms with van der Waals surface area (Å²) in [6.45, 7) is 0. The molecule has 8 heteroatoms. The minimum absolute atomic E-state index is 0.0538. The molecule has 1 heterocycles. The molecule has 0 aliphatic carbocycles. The standard InChI is InChI=1S/C11H8BrFN4O2/c12-6-1-2-8(13)9(5-6)19-11-7(10(14)17-18)3-4-15-16-11/h1-5,18H,(H2,14,17). The van der Waals surface area contributed by atoms with Crippen LogP contribution in [-0.4, -0.2) is 21.2 Å². The highest BCUT2D eigenvalue weighted by Crippen LogP contribution is 2.27. The molecular formula is C11H8BrFN4O2. The molecule has 19 heavy (non-hydrogen) atoms. The molecule has 0 radical (unpaired) electrons. The lowest BCUT2D eigenvalue weighted by Crippen LogP contribution is -2.15. The van der Waals surface area contributed by atoms with Crippen LogP contribution in [0.25, 0.3) is 0 Å². The van der Waals surface area contributed by atoms with E-state index >= 15 is 0 Å². The van der Waals surface area contributed by atoms with Gasteiger partial charge in [0.25, 0.3) is 0 Å². The van der Waals surface area contributed by atoms with E-state index in [4.69, 9.17) is 15.7 Å². The fourth-order valence-corrected chi connectivity index (χ4v) is 1.64. The van der Waals surface area contributed by atoms with E-state index < -0.39 is 5.82 Å². The second-order valence-electron chi connectivity index (χ2n) is 3.41. The van der Waals surface area contributed by atoms with Gasteiger partial charge in [-0.2, -0.15) is 5.10 Å². The van der Waals surface area contributed by atoms with Crippen LogP contribution in [0.1, 0.15) is 5.56 Å². The van der Waals surface area contributed by atoms with Gasteiger partial charge < -0.3 is 15.7 Å². The lowest BCUT2D eigenvalue weighted by atomic mass is 10.2. The van der Waals surface area contributed by atoms with Crippen molar-refractivity contribution in [3.05, 3.63) is 46.3 Å². The van der Waals surface area contributed by atoms with E-state index in [1.807, 2.05) is 0 Å². The first-order valence-corrected chi connectivity index (χ1v) is 5.83. The maximum atomic E-state index is 13.6. The SMILES string of the molecule is N/C(=N/O)c1ccnnc1Oc1cc(Br)ccc1F. The van der Waals surface area contributed by atoms with E-state index in [2.05, 4.69) is 31.3 Å². The maximum Gasteiger partial charge on any atom is 0.250 e. The predicted molar refractivity (Wildman–Crippen MR) is 68.7 cm³/mol. The number of benzene rings is 1. The molecule has 0 saturated heterocycles. The van der Waals surface area contributed by atoms with Crippen LogP contribution in [0.15, 0.2) is 40.1 Å². The summed E-state index contributed by atoms with van der Waals surface area (Å²) in [5.74, 6) is -0.892. The molecule has 0 atom stereocenters. The van der Waals surface area contributed by atoms with Gasteiger partial charge in [-0.3, -0.25) is 0 Å². The number of halogens is 2. The number of amidine groups is 1. The van der Waals surface area contributed by atoms with E-state index in [9.17, 15) is 4.39 Å². The third-order valence-electron chi connectivity index (χ3n) is 2.17. The summed E-state index contributed by atoms with van der Waals surface area (Å²) < 4.78 is 19.5. The first-order valence-electron chi connectivity index (χ1n) is 5.04. The van der Waals surface area contributed by atoms with E-state index in [1.54, 1.807) is 0 Å². The Morgan fingerprint density at radius 2 is 2.21 bits per heavy atom. The van der Waals surface area contributed by atoms with Crippen LogP contribution in [0.5, 0.6) is 11.6 Å². The topological polar surface area (TPSA) is 93.6 Å². The van der Waals surface area contributed by atoms with Crippen LogP contribution in [0.4, 0.5) is 4.39 Å². The average molecular weight is 327 g/mol. The minimum Gasteiger partial charge on any atom is -0.434 e. The number of rotatable bonds is 3. The van der Waals surface area contributed by atoms with Crippen molar-refractivity contribution in [2.75, 3.05) is 0 Å². The molecule has 0 aliphatic rings. The van der Waals surface area contributed by atoms with Gasteiger partial charge in [0.15, 0.2) is 17.4 Å². The zero-order valence-corrected chi connectivity index (χ0v) is 11.0. The Balaban J connectivity index is 2.41. The van der Waals surface area contributed by atoms with Crippen molar-refractivity contribution in [2.45, 2.75) is 0 Å². The number of nitrogens with zero attached hydrogens (tertiary/aromatic N) is 3. The molecule has 2 rings (SSSR count). The summed E-state index contributed by atoms with van der Waals surface area (Å²) in [7, 11) is 0. The van der Waals surface area contributed by atoms with E-state index in [-0.39, 0.29) is 23.0 Å². The second-order valence-corrected chi connectivity index (χ2v) is 4.33. The van der Waals surface area contributed by atoms with Crippen molar-refractivity contribution in [3.8, 4) is 11.6 Å². The third kappa shape index (κ3) is 2.97. The molecule has 0 bridgehead atoms. The van der Waals surface area contributed by atoms with Crippen molar-refractivity contribution >= 4 is 21.8 Å². The zero-order valence-electron chi connectivity index (χ0n) is 9.42. The van der Waals surface area contributed by atoms with Gasteiger partial charge in [-0.25, -0.2) is 4.39 Å². The Labute approximate surface area is 115 Å². The van der Waals surface area contributed by atoms with Crippen molar-refractivity contribution in [3.63, 3.8) is 0 Å². The Bertz CT molecular complexity index is 636. The Hall–Kier alpha value is -2.22. The smallest absolute Gasteiger partial charge is 0.250 e. The number of ether oxygens (including phenoxy) is 1. The van der Waals surface area contributed by atoms with E-state index in [1.165, 1.54) is 30.5 Å². The highest BCUT2D eigenvalue weighted by molar-refractivity contribution is 9.10. The van der Waals surface area contributed by atoms with Crippen LogP contribution >= 0.6 is 15.9 Å². The summed E-state index contributed by atoms with van der Waals surface area (Å²) in [6.07, 6.45) is 1.34. The number of hydrogen-bond donors (Lipinski definition) is 2. The highest BCUT2D eigenvalue weighted by Gasteiger charge is 2.13. The monoisotopic (exact) mass is 326 g/mol. The molecule has 3 N–H and O–H groups in total. The molecule has 0 saturated carbocycles. The van der Waals surface area contributed by atoms with Gasteiger partial charge in [-0.05, 0) is 24.3 Å². The molecule has 0 unspecified atom stereocenters. The molecule has 0 aliphatic heterocycles. The first kappa shape index (κ1) is 13.2. The molecule has 0 amide bonds. The molecule has 1 aromatic carbocycles. The number of hydrogen-bond acceptors (Lipinski definition) is 5. The Kier molecular flexibility index (Phi) is 3.91. The van der Waals surface area contributed by atoms with Gasteiger partial charge in [0.1, 0.15) is 0 Å². The molecule has 0 spiro atoms. The van der Waals surface area contributed by atoms with Crippen LogP contribution in [-0.2, 0) is 0 Å². The fraction of sp³-hybridized carbons (Fsp3) is 0. The van der Waals surface area contributed by atoms with Crippen molar-refractivity contribution in [1.82, 2.24) is 10.2 Å². The molecular weight excluding hydrogens is 319 g/mol. The molecule has 0 fully saturated rings. The second kappa shape index (κ2) is 5.61. The summed E-state index contributed by atoms with van der Waals surface area (Å²) in [4.78, 5) is 0. The van der Waals surface area contributed by atoms with E-state index in [0.717, 1.165) is 0 Å². The van der Waals surface area contributed by atoms with Crippen LogP contribution in [0.2, 0.25) is 0 Å². The van der Waals surface area contributed by atoms with Gasteiger partial charge in [-0.15, -0.1) is 5.10 Å². The summed E-state index contributed by atoms with van der Waals surface area (Å²) in [5.41, 5.74) is 5.67. The Morgan fingerprint density at radius 1 is 1.42 bits per heavy atom. The van der Waals surface area contributed by atoms with E-state index in [0.29, 0.717) is 4.47 Å². The number of aromatic nitrogens is 2. The maximum absolute atomic E-state index is 13.6. The summed E-state index contributed by atoms with van der Waals surface area (Å²) in [5, 5.41) is 18.8. The average Bonchev–Trinajstić information content (AvgIpc) is 2.42. The van der Waals surface area contributed by atoms with Gasteiger partial charge in [0.05, 0.1) is 11.8 Å². The largest absolute Gasteiger partial charge is 0.434 e. The van der Waals surface area contributed by atoms with Crippen molar-refractivity contribution in [2.24, 2.45) is 10.9 Å². The fourth-order valence-electron chi connectivity index (χ4n) is 1.30. The number of oxime groups is 1. The van der Waals surface area contributed by atoms with Crippen molar-refractivity contribution in [1.29, 1.82) is 0 Å². The quantitative estimate of drug-likeness (QED) is 0.390. The lowest BCUT2D eigenvalue weighted by Gasteiger charge is -2.08. The van der Waals surface area contributed by atoms with Gasteiger partial charge in [0.2, 0.25) is 5.88 Å². The van der Waals surface area contributed by atoms with Crippen molar-refractivity contribution < 1.29 is 14.3 Å². The molecule has 2 aromatic rings.